The zero-order valence-electron chi connectivity index (χ0n) is 14.9. The molecule has 2 heterocycles. The second kappa shape index (κ2) is 6.38. The number of H-pyrrole nitrogens is 1. The van der Waals surface area contributed by atoms with Crippen molar-refractivity contribution in [3.05, 3.63) is 59.0 Å². The number of aryl methyl sites for hydroxylation is 1. The van der Waals surface area contributed by atoms with Crippen LogP contribution in [0.1, 0.15) is 34.3 Å². The van der Waals surface area contributed by atoms with Crippen LogP contribution >= 0.6 is 0 Å². The second-order valence-electron chi connectivity index (χ2n) is 7.05. The molecule has 6 nitrogen and oxygen atoms in total. The minimum atomic E-state index is -0.880. The van der Waals surface area contributed by atoms with Gasteiger partial charge in [-0.25, -0.2) is 14.9 Å². The fraction of sp³-hybridized carbons (Fsp3) is 0.190. The van der Waals surface area contributed by atoms with Gasteiger partial charge >= 0.3 is 0 Å². The summed E-state index contributed by atoms with van der Waals surface area (Å²) >= 11 is 0. The van der Waals surface area contributed by atoms with Gasteiger partial charge in [-0.3, -0.25) is 15.1 Å². The summed E-state index contributed by atoms with van der Waals surface area (Å²) in [7, 11) is 0. The first-order chi connectivity index (χ1) is 13.7. The van der Waals surface area contributed by atoms with Crippen LogP contribution in [0.2, 0.25) is 0 Å². The number of hydrogen-bond acceptors (Lipinski definition) is 4. The predicted molar refractivity (Wildman–Crippen MR) is 103 cm³/mol. The second-order valence-corrected chi connectivity index (χ2v) is 7.05. The summed E-state index contributed by atoms with van der Waals surface area (Å²) < 4.78 is 14.1. The van der Waals surface area contributed by atoms with E-state index >= 15 is 0 Å². The number of aromatic amines is 1. The van der Waals surface area contributed by atoms with Crippen LogP contribution in [0.15, 0.2) is 36.5 Å². The fourth-order valence-corrected chi connectivity index (χ4v) is 4.19. The molecular weight excluding hydrogens is 359 g/mol. The topological polar surface area (TPSA) is 90.9 Å². The smallest absolute Gasteiger partial charge is 0.277 e. The van der Waals surface area contributed by atoms with Crippen LogP contribution in [-0.2, 0) is 12.8 Å². The van der Waals surface area contributed by atoms with Crippen molar-refractivity contribution in [2.75, 3.05) is 0 Å². The van der Waals surface area contributed by atoms with Crippen molar-refractivity contribution in [1.29, 1.82) is 0 Å². The molecule has 5 rings (SSSR count). The molecule has 1 aliphatic rings. The summed E-state index contributed by atoms with van der Waals surface area (Å²) in [5.41, 5.74) is 6.91. The highest BCUT2D eigenvalue weighted by Crippen LogP contribution is 2.38. The molecule has 2 aromatic heterocycles. The van der Waals surface area contributed by atoms with Crippen molar-refractivity contribution >= 4 is 27.7 Å². The van der Waals surface area contributed by atoms with Gasteiger partial charge in [0.2, 0.25) is 0 Å². The normalized spacial score (nSPS) is 13.6. The van der Waals surface area contributed by atoms with Crippen molar-refractivity contribution in [1.82, 2.24) is 20.7 Å². The molecule has 0 spiro atoms. The SMILES string of the molecule is O=C(NO)c1cc(-c2nc3ccc4[nH]ncc4c3c3c2CCCC3)ccc1F. The molecule has 1 aliphatic carbocycles. The average molecular weight is 376 g/mol. The molecule has 140 valence electrons. The van der Waals surface area contributed by atoms with Crippen LogP contribution in [0, 0.1) is 5.82 Å². The number of hydrogen-bond donors (Lipinski definition) is 3. The predicted octanol–water partition coefficient (Wildman–Crippen LogP) is 3.92. The number of halogens is 1. The molecule has 0 fully saturated rings. The lowest BCUT2D eigenvalue weighted by atomic mass is 9.85. The number of benzene rings is 2. The molecule has 0 aliphatic heterocycles. The number of carbonyl (C=O) groups is 1. The Morgan fingerprint density at radius 2 is 1.96 bits per heavy atom. The Bertz CT molecular complexity index is 1250. The average Bonchev–Trinajstić information content (AvgIpc) is 3.21. The van der Waals surface area contributed by atoms with E-state index in [1.807, 2.05) is 18.3 Å². The molecule has 0 saturated heterocycles. The van der Waals surface area contributed by atoms with Gasteiger partial charge in [0, 0.05) is 16.3 Å². The highest BCUT2D eigenvalue weighted by molar-refractivity contribution is 6.07. The first-order valence-corrected chi connectivity index (χ1v) is 9.19. The number of aromatic nitrogens is 3. The van der Waals surface area contributed by atoms with Crippen molar-refractivity contribution in [2.24, 2.45) is 0 Å². The van der Waals surface area contributed by atoms with Crippen molar-refractivity contribution in [2.45, 2.75) is 25.7 Å². The Labute approximate surface area is 159 Å². The highest BCUT2D eigenvalue weighted by Gasteiger charge is 2.22. The van der Waals surface area contributed by atoms with Gasteiger partial charge in [0.05, 0.1) is 28.5 Å². The standard InChI is InChI=1S/C21H17FN4O2/c22-16-6-5-11(9-14(16)21(27)26-28)20-13-4-2-1-3-12(13)19-15-10-23-25-17(15)7-8-18(19)24-20/h5-10,28H,1-4H2,(H,23,25)(H,26,27). The molecule has 4 aromatic rings. The van der Waals surface area contributed by atoms with Gasteiger partial charge in [-0.1, -0.05) is 0 Å². The number of carbonyl (C=O) groups excluding carboxylic acids is 1. The summed E-state index contributed by atoms with van der Waals surface area (Å²) in [5, 5.41) is 18.2. The monoisotopic (exact) mass is 376 g/mol. The summed E-state index contributed by atoms with van der Waals surface area (Å²) in [5.74, 6) is -1.57. The van der Waals surface area contributed by atoms with Crippen LogP contribution < -0.4 is 5.48 Å². The quantitative estimate of drug-likeness (QED) is 0.365. The van der Waals surface area contributed by atoms with Crippen molar-refractivity contribution in [3.63, 3.8) is 0 Å². The molecule has 1 amide bonds. The zero-order chi connectivity index (χ0) is 19.3. The summed E-state index contributed by atoms with van der Waals surface area (Å²) in [6, 6.07) is 8.22. The largest absolute Gasteiger partial charge is 0.288 e. The third kappa shape index (κ3) is 2.47. The van der Waals surface area contributed by atoms with E-state index in [1.54, 1.807) is 6.07 Å². The Morgan fingerprint density at radius 1 is 1.14 bits per heavy atom. The molecule has 28 heavy (non-hydrogen) atoms. The van der Waals surface area contributed by atoms with Crippen molar-refractivity contribution in [3.8, 4) is 11.3 Å². The third-order valence-corrected chi connectivity index (χ3v) is 5.48. The molecule has 0 atom stereocenters. The minimum Gasteiger partial charge on any atom is -0.288 e. The van der Waals surface area contributed by atoms with E-state index in [1.165, 1.54) is 23.2 Å². The number of fused-ring (bicyclic) bond motifs is 5. The van der Waals surface area contributed by atoms with Crippen LogP contribution in [0.25, 0.3) is 33.1 Å². The summed E-state index contributed by atoms with van der Waals surface area (Å²) in [6.07, 6.45) is 5.80. The van der Waals surface area contributed by atoms with Crippen LogP contribution in [-0.4, -0.2) is 26.3 Å². The van der Waals surface area contributed by atoms with E-state index in [0.29, 0.717) is 5.56 Å². The zero-order valence-corrected chi connectivity index (χ0v) is 14.9. The van der Waals surface area contributed by atoms with Gasteiger partial charge in [0.15, 0.2) is 0 Å². The fourth-order valence-electron chi connectivity index (χ4n) is 4.19. The van der Waals surface area contributed by atoms with E-state index < -0.39 is 11.7 Å². The molecule has 0 radical (unpaired) electrons. The van der Waals surface area contributed by atoms with Gasteiger partial charge in [-0.2, -0.15) is 5.10 Å². The number of rotatable bonds is 2. The maximum atomic E-state index is 14.1. The molecule has 0 bridgehead atoms. The first-order valence-electron chi connectivity index (χ1n) is 9.19. The van der Waals surface area contributed by atoms with E-state index in [4.69, 9.17) is 10.2 Å². The number of nitrogens with zero attached hydrogens (tertiary/aromatic N) is 2. The maximum Gasteiger partial charge on any atom is 0.277 e. The van der Waals surface area contributed by atoms with Crippen LogP contribution in [0.3, 0.4) is 0 Å². The third-order valence-electron chi connectivity index (χ3n) is 5.48. The number of amides is 1. The van der Waals surface area contributed by atoms with Gasteiger partial charge in [-0.15, -0.1) is 0 Å². The summed E-state index contributed by atoms with van der Waals surface area (Å²) in [6.45, 7) is 0. The van der Waals surface area contributed by atoms with E-state index in [0.717, 1.165) is 58.7 Å². The molecule has 2 aromatic carbocycles. The molecular formula is C21H17FN4O2. The van der Waals surface area contributed by atoms with Crippen LogP contribution in [0.4, 0.5) is 4.39 Å². The Morgan fingerprint density at radius 3 is 2.79 bits per heavy atom. The van der Waals surface area contributed by atoms with Gasteiger partial charge in [0.25, 0.3) is 5.91 Å². The van der Waals surface area contributed by atoms with Gasteiger partial charge < -0.3 is 0 Å². The maximum absolute atomic E-state index is 14.1. The van der Waals surface area contributed by atoms with E-state index in [-0.39, 0.29) is 5.56 Å². The molecule has 0 unspecified atom stereocenters. The molecule has 3 N–H and O–H groups in total. The van der Waals surface area contributed by atoms with E-state index in [9.17, 15) is 9.18 Å². The minimum absolute atomic E-state index is 0.211. The Kier molecular flexibility index (Phi) is 3.84. The Balaban J connectivity index is 1.81. The Hall–Kier alpha value is -3.32. The summed E-state index contributed by atoms with van der Waals surface area (Å²) in [4.78, 5) is 16.7. The highest BCUT2D eigenvalue weighted by atomic mass is 19.1. The van der Waals surface area contributed by atoms with E-state index in [2.05, 4.69) is 10.2 Å². The van der Waals surface area contributed by atoms with Gasteiger partial charge in [-0.05, 0) is 67.1 Å². The van der Waals surface area contributed by atoms with Crippen molar-refractivity contribution < 1.29 is 14.4 Å². The lowest BCUT2D eigenvalue weighted by Crippen LogP contribution is -2.20. The number of pyridine rings is 1. The molecule has 7 heteroatoms. The lowest BCUT2D eigenvalue weighted by Gasteiger charge is -2.22. The number of nitrogens with one attached hydrogen (secondary N) is 2. The lowest BCUT2D eigenvalue weighted by molar-refractivity contribution is 0.0702. The number of hydroxylamine groups is 1. The van der Waals surface area contributed by atoms with Crippen LogP contribution in [0.5, 0.6) is 0 Å². The van der Waals surface area contributed by atoms with Gasteiger partial charge in [0.1, 0.15) is 5.82 Å². The first kappa shape index (κ1) is 16.8. The molecule has 0 saturated carbocycles.